The predicted molar refractivity (Wildman–Crippen MR) is 82.4 cm³/mol. The molecule has 1 fully saturated rings. The molecule has 2 atom stereocenters. The van der Waals surface area contributed by atoms with Crippen LogP contribution in [-0.2, 0) is 21.0 Å². The van der Waals surface area contributed by atoms with Gasteiger partial charge in [-0.2, -0.15) is 5.48 Å². The summed E-state index contributed by atoms with van der Waals surface area (Å²) in [6.45, 7) is 4.10. The number of hydrogen-bond acceptors (Lipinski definition) is 5. The third-order valence-corrected chi connectivity index (χ3v) is 3.49. The molecule has 2 N–H and O–H groups in total. The van der Waals surface area contributed by atoms with Gasteiger partial charge in [-0.15, -0.1) is 6.58 Å². The first-order valence-corrected chi connectivity index (χ1v) is 7.30. The first-order valence-electron chi connectivity index (χ1n) is 7.30. The van der Waals surface area contributed by atoms with Gasteiger partial charge in [-0.1, -0.05) is 36.4 Å². The van der Waals surface area contributed by atoms with Crippen LogP contribution in [0.2, 0.25) is 0 Å². The summed E-state index contributed by atoms with van der Waals surface area (Å²) in [5, 5.41) is 9.24. The summed E-state index contributed by atoms with van der Waals surface area (Å²) in [6.07, 6.45) is 0.722. The van der Waals surface area contributed by atoms with E-state index >= 15 is 0 Å². The minimum Gasteiger partial charge on any atom is -0.465 e. The number of carbonyl (C=O) groups is 2. The second-order valence-electron chi connectivity index (χ2n) is 5.19. The van der Waals surface area contributed by atoms with Crippen LogP contribution in [-0.4, -0.2) is 47.3 Å². The molecule has 0 unspecified atom stereocenters. The molecule has 1 amide bonds. The molecule has 0 saturated carbocycles. The molecular formula is C16H20N2O5. The van der Waals surface area contributed by atoms with Gasteiger partial charge < -0.3 is 9.84 Å². The fraction of sp³-hybridized carbons (Fsp3) is 0.375. The third kappa shape index (κ3) is 4.80. The minimum absolute atomic E-state index is 0.120. The summed E-state index contributed by atoms with van der Waals surface area (Å²) >= 11 is 0. The molecule has 124 valence electrons. The first kappa shape index (κ1) is 17.0. The van der Waals surface area contributed by atoms with Crippen LogP contribution in [0.5, 0.6) is 0 Å². The second kappa shape index (κ2) is 8.30. The maximum Gasteiger partial charge on any atom is 0.408 e. The lowest BCUT2D eigenvalue weighted by Crippen LogP contribution is -2.41. The normalized spacial score (nSPS) is 20.3. The van der Waals surface area contributed by atoms with E-state index in [0.717, 1.165) is 10.5 Å². The highest BCUT2D eigenvalue weighted by atomic mass is 16.6. The molecule has 0 bridgehead atoms. The SMILES string of the molecule is C=CCON[C@@H]1C[C@@H](C(=O)OCc2ccccc2)N(C(=O)O)C1. The highest BCUT2D eigenvalue weighted by Crippen LogP contribution is 2.20. The molecule has 0 aromatic heterocycles. The maximum absolute atomic E-state index is 12.2. The Morgan fingerprint density at radius 2 is 2.13 bits per heavy atom. The fourth-order valence-electron chi connectivity index (χ4n) is 2.41. The second-order valence-corrected chi connectivity index (χ2v) is 5.19. The van der Waals surface area contributed by atoms with Crippen molar-refractivity contribution >= 4 is 12.1 Å². The molecule has 0 spiro atoms. The molecule has 0 radical (unpaired) electrons. The Kier molecular flexibility index (Phi) is 6.13. The number of hydroxylamine groups is 1. The van der Waals surface area contributed by atoms with Gasteiger partial charge in [0.2, 0.25) is 0 Å². The lowest BCUT2D eigenvalue weighted by molar-refractivity contribution is -0.149. The molecule has 1 aliphatic heterocycles. The molecule has 1 heterocycles. The predicted octanol–water partition coefficient (Wildman–Crippen LogP) is 1.56. The van der Waals surface area contributed by atoms with Crippen LogP contribution in [0.15, 0.2) is 43.0 Å². The summed E-state index contributed by atoms with van der Waals surface area (Å²) in [6, 6.07) is 8.14. The van der Waals surface area contributed by atoms with Crippen molar-refractivity contribution in [1.29, 1.82) is 0 Å². The Morgan fingerprint density at radius 3 is 2.78 bits per heavy atom. The van der Waals surface area contributed by atoms with E-state index in [1.54, 1.807) is 6.08 Å². The van der Waals surface area contributed by atoms with Crippen LogP contribution in [0.1, 0.15) is 12.0 Å². The van der Waals surface area contributed by atoms with Crippen molar-refractivity contribution < 1.29 is 24.3 Å². The molecular weight excluding hydrogens is 300 g/mol. The van der Waals surface area contributed by atoms with Gasteiger partial charge in [0.1, 0.15) is 12.6 Å². The van der Waals surface area contributed by atoms with E-state index < -0.39 is 18.1 Å². The number of carbonyl (C=O) groups excluding carboxylic acids is 1. The number of hydrogen-bond donors (Lipinski definition) is 2. The molecule has 1 aliphatic rings. The van der Waals surface area contributed by atoms with Gasteiger partial charge in [0.25, 0.3) is 0 Å². The van der Waals surface area contributed by atoms with E-state index in [9.17, 15) is 14.7 Å². The minimum atomic E-state index is -1.15. The number of carboxylic acid groups (broad SMARTS) is 1. The molecule has 1 saturated heterocycles. The van der Waals surface area contributed by atoms with E-state index in [0.29, 0.717) is 13.0 Å². The van der Waals surface area contributed by atoms with Crippen molar-refractivity contribution in [1.82, 2.24) is 10.4 Å². The Balaban J connectivity index is 1.90. The largest absolute Gasteiger partial charge is 0.465 e. The molecule has 7 heteroatoms. The Hall–Kier alpha value is -2.38. The molecule has 2 rings (SSSR count). The summed E-state index contributed by atoms with van der Waals surface area (Å²) in [7, 11) is 0. The number of rotatable bonds is 7. The third-order valence-electron chi connectivity index (χ3n) is 3.49. The maximum atomic E-state index is 12.2. The molecule has 7 nitrogen and oxygen atoms in total. The lowest BCUT2D eigenvalue weighted by atomic mass is 10.2. The topological polar surface area (TPSA) is 88.1 Å². The molecule has 1 aromatic carbocycles. The average molecular weight is 320 g/mol. The van der Waals surface area contributed by atoms with Crippen molar-refractivity contribution in [3.05, 3.63) is 48.6 Å². The highest BCUT2D eigenvalue weighted by molar-refractivity contribution is 5.81. The summed E-state index contributed by atoms with van der Waals surface area (Å²) in [5.74, 6) is -0.552. The zero-order valence-electron chi connectivity index (χ0n) is 12.7. The number of nitrogens with one attached hydrogen (secondary N) is 1. The van der Waals surface area contributed by atoms with Gasteiger partial charge >= 0.3 is 12.1 Å². The van der Waals surface area contributed by atoms with Crippen LogP contribution in [0.3, 0.4) is 0 Å². The van der Waals surface area contributed by atoms with Gasteiger partial charge in [0.05, 0.1) is 12.6 Å². The van der Waals surface area contributed by atoms with Crippen LogP contribution in [0.25, 0.3) is 0 Å². The van der Waals surface area contributed by atoms with Crippen molar-refractivity contribution in [2.45, 2.75) is 25.1 Å². The van der Waals surface area contributed by atoms with E-state index in [-0.39, 0.29) is 19.2 Å². The number of amides is 1. The van der Waals surface area contributed by atoms with Crippen LogP contribution >= 0.6 is 0 Å². The van der Waals surface area contributed by atoms with E-state index in [2.05, 4.69) is 12.1 Å². The quantitative estimate of drug-likeness (QED) is 0.343. The van der Waals surface area contributed by atoms with Crippen LogP contribution < -0.4 is 5.48 Å². The average Bonchev–Trinajstić information content (AvgIpc) is 2.98. The number of nitrogens with zero attached hydrogens (tertiary/aromatic N) is 1. The Labute approximate surface area is 134 Å². The van der Waals surface area contributed by atoms with Crippen LogP contribution in [0.4, 0.5) is 4.79 Å². The summed E-state index contributed by atoms with van der Waals surface area (Å²) in [5.41, 5.74) is 3.59. The number of ether oxygens (including phenoxy) is 1. The number of esters is 1. The van der Waals surface area contributed by atoms with Gasteiger partial charge in [-0.25, -0.2) is 9.59 Å². The molecule has 23 heavy (non-hydrogen) atoms. The fourth-order valence-corrected chi connectivity index (χ4v) is 2.41. The van der Waals surface area contributed by atoms with Gasteiger partial charge in [0.15, 0.2) is 0 Å². The lowest BCUT2D eigenvalue weighted by Gasteiger charge is -2.19. The van der Waals surface area contributed by atoms with E-state index in [1.807, 2.05) is 30.3 Å². The van der Waals surface area contributed by atoms with Gasteiger partial charge in [-0.05, 0) is 12.0 Å². The first-order chi connectivity index (χ1) is 11.1. The van der Waals surface area contributed by atoms with Crippen molar-refractivity contribution in [3.63, 3.8) is 0 Å². The van der Waals surface area contributed by atoms with Gasteiger partial charge in [0, 0.05) is 6.54 Å². The molecule has 0 aliphatic carbocycles. The summed E-state index contributed by atoms with van der Waals surface area (Å²) in [4.78, 5) is 29.7. The monoisotopic (exact) mass is 320 g/mol. The zero-order valence-corrected chi connectivity index (χ0v) is 12.7. The van der Waals surface area contributed by atoms with Crippen molar-refractivity contribution in [2.75, 3.05) is 13.2 Å². The zero-order chi connectivity index (χ0) is 16.7. The standard InChI is InChI=1S/C16H20N2O5/c1-2-8-23-17-13-9-14(18(10-13)16(20)21)15(19)22-11-12-6-4-3-5-7-12/h2-7,13-14,17H,1,8-11H2,(H,20,21)/t13-,14+/m1/s1. The number of benzene rings is 1. The molecule has 1 aromatic rings. The van der Waals surface area contributed by atoms with Crippen LogP contribution in [0, 0.1) is 0 Å². The van der Waals surface area contributed by atoms with Crippen molar-refractivity contribution in [2.24, 2.45) is 0 Å². The highest BCUT2D eigenvalue weighted by Gasteiger charge is 2.40. The van der Waals surface area contributed by atoms with Gasteiger partial charge in [-0.3, -0.25) is 9.74 Å². The Bertz CT molecular complexity index is 549. The van der Waals surface area contributed by atoms with E-state index in [1.165, 1.54) is 0 Å². The van der Waals surface area contributed by atoms with E-state index in [4.69, 9.17) is 9.57 Å². The summed E-state index contributed by atoms with van der Waals surface area (Å²) < 4.78 is 5.24. The van der Waals surface area contributed by atoms with Crippen molar-refractivity contribution in [3.8, 4) is 0 Å². The Morgan fingerprint density at radius 1 is 1.39 bits per heavy atom. The smallest absolute Gasteiger partial charge is 0.408 e. The number of likely N-dealkylation sites (tertiary alicyclic amines) is 1.